The summed E-state index contributed by atoms with van der Waals surface area (Å²) in [6.45, 7) is 4.52. The molecule has 1 N–H and O–H groups in total. The summed E-state index contributed by atoms with van der Waals surface area (Å²) >= 11 is 1.15. The molecule has 0 bridgehead atoms. The summed E-state index contributed by atoms with van der Waals surface area (Å²) in [5.41, 5.74) is 0.784. The molecule has 0 aromatic carbocycles. The summed E-state index contributed by atoms with van der Waals surface area (Å²) in [7, 11) is 0. The molecule has 0 atom stereocenters. The molecule has 0 aliphatic carbocycles. The van der Waals surface area contributed by atoms with Crippen LogP contribution in [0.2, 0.25) is 0 Å². The van der Waals surface area contributed by atoms with Crippen molar-refractivity contribution in [3.05, 3.63) is 29.8 Å². The van der Waals surface area contributed by atoms with Crippen molar-refractivity contribution in [1.29, 1.82) is 0 Å². The molecule has 0 aliphatic rings. The topological polar surface area (TPSA) is 93.8 Å². The van der Waals surface area contributed by atoms with E-state index >= 15 is 0 Å². The Labute approximate surface area is 120 Å². The van der Waals surface area contributed by atoms with E-state index in [0.717, 1.165) is 23.3 Å². The van der Waals surface area contributed by atoms with Gasteiger partial charge < -0.3 is 5.11 Å². The lowest BCUT2D eigenvalue weighted by atomic mass is 10.2. The Kier molecular flexibility index (Phi) is 4.67. The Hall–Kier alpha value is -1.96. The number of hydrogen-bond acceptors (Lipinski definition) is 6. The Morgan fingerprint density at radius 2 is 2.20 bits per heavy atom. The molecule has 2 aromatic rings. The molecule has 0 unspecified atom stereocenters. The van der Waals surface area contributed by atoms with Gasteiger partial charge in [-0.2, -0.15) is 10.2 Å². The Morgan fingerprint density at radius 1 is 1.40 bits per heavy atom. The second-order valence-corrected chi connectivity index (χ2v) is 5.42. The van der Waals surface area contributed by atoms with Gasteiger partial charge in [-0.1, -0.05) is 25.6 Å². The fraction of sp³-hybridized carbons (Fsp3) is 0.417. The van der Waals surface area contributed by atoms with Gasteiger partial charge in [0, 0.05) is 12.1 Å². The number of rotatable bonds is 6. The molecule has 2 heterocycles. The SMILES string of the molecule is CC(C)c1nnc(SCC(=O)O)n1Cc1cccnn1. The van der Waals surface area contributed by atoms with Crippen LogP contribution in [0, 0.1) is 0 Å². The molecule has 7 nitrogen and oxygen atoms in total. The van der Waals surface area contributed by atoms with Crippen LogP contribution in [-0.4, -0.2) is 41.8 Å². The van der Waals surface area contributed by atoms with Crippen molar-refractivity contribution in [1.82, 2.24) is 25.0 Å². The molecule has 0 fully saturated rings. The van der Waals surface area contributed by atoms with E-state index in [2.05, 4.69) is 20.4 Å². The zero-order valence-electron chi connectivity index (χ0n) is 11.2. The summed E-state index contributed by atoms with van der Waals surface area (Å²) in [6.07, 6.45) is 1.61. The molecule has 2 rings (SSSR count). The monoisotopic (exact) mass is 293 g/mol. The van der Waals surface area contributed by atoms with Crippen LogP contribution in [0.4, 0.5) is 0 Å². The Balaban J connectivity index is 2.27. The van der Waals surface area contributed by atoms with Gasteiger partial charge in [-0.15, -0.1) is 10.2 Å². The van der Waals surface area contributed by atoms with Crippen molar-refractivity contribution in [2.45, 2.75) is 31.5 Å². The van der Waals surface area contributed by atoms with Crippen LogP contribution in [0.3, 0.4) is 0 Å². The zero-order valence-corrected chi connectivity index (χ0v) is 12.0. The molecule has 106 valence electrons. The molecule has 0 spiro atoms. The van der Waals surface area contributed by atoms with Crippen LogP contribution >= 0.6 is 11.8 Å². The number of carboxylic acids is 1. The molecule has 0 radical (unpaired) electrons. The lowest BCUT2D eigenvalue weighted by Crippen LogP contribution is -2.10. The van der Waals surface area contributed by atoms with Crippen LogP contribution in [-0.2, 0) is 11.3 Å². The minimum absolute atomic E-state index is 0.0449. The maximum absolute atomic E-state index is 10.7. The maximum atomic E-state index is 10.7. The first-order chi connectivity index (χ1) is 9.58. The second-order valence-electron chi connectivity index (χ2n) is 4.48. The first-order valence-electron chi connectivity index (χ1n) is 6.12. The van der Waals surface area contributed by atoms with E-state index in [-0.39, 0.29) is 11.7 Å². The number of carbonyl (C=O) groups is 1. The molecule has 0 aliphatic heterocycles. The first-order valence-corrected chi connectivity index (χ1v) is 7.10. The van der Waals surface area contributed by atoms with Crippen molar-refractivity contribution in [3.8, 4) is 0 Å². The minimum atomic E-state index is -0.879. The van der Waals surface area contributed by atoms with Gasteiger partial charge in [0.15, 0.2) is 5.16 Å². The molecular weight excluding hydrogens is 278 g/mol. The first kappa shape index (κ1) is 14.4. The number of carboxylic acid groups (broad SMARTS) is 1. The molecule has 2 aromatic heterocycles. The summed E-state index contributed by atoms with van der Waals surface area (Å²) in [6, 6.07) is 3.68. The highest BCUT2D eigenvalue weighted by Crippen LogP contribution is 2.22. The summed E-state index contributed by atoms with van der Waals surface area (Å²) in [4.78, 5) is 10.7. The fourth-order valence-electron chi connectivity index (χ4n) is 1.69. The van der Waals surface area contributed by atoms with Crippen molar-refractivity contribution < 1.29 is 9.90 Å². The van der Waals surface area contributed by atoms with E-state index in [1.165, 1.54) is 0 Å². The quantitative estimate of drug-likeness (QED) is 0.805. The standard InChI is InChI=1S/C12H15N5O2S/c1-8(2)11-15-16-12(20-7-10(18)19)17(11)6-9-4-3-5-13-14-9/h3-5,8H,6-7H2,1-2H3,(H,18,19). The second kappa shape index (κ2) is 6.47. The molecule has 0 saturated carbocycles. The molecule has 0 saturated heterocycles. The molecular formula is C12H15N5O2S. The lowest BCUT2D eigenvalue weighted by molar-refractivity contribution is -0.133. The number of aliphatic carboxylic acids is 1. The largest absolute Gasteiger partial charge is 0.481 e. The van der Waals surface area contributed by atoms with Gasteiger partial charge in [0.25, 0.3) is 0 Å². The maximum Gasteiger partial charge on any atom is 0.313 e. The zero-order chi connectivity index (χ0) is 14.5. The lowest BCUT2D eigenvalue weighted by Gasteiger charge is -2.10. The average Bonchev–Trinajstić information content (AvgIpc) is 2.80. The predicted octanol–water partition coefficient (Wildman–Crippen LogP) is 1.42. The normalized spacial score (nSPS) is 10.9. The third-order valence-corrected chi connectivity index (χ3v) is 3.49. The number of aromatic nitrogens is 5. The van der Waals surface area contributed by atoms with E-state index in [9.17, 15) is 4.79 Å². The van der Waals surface area contributed by atoms with Crippen molar-refractivity contribution in [2.75, 3.05) is 5.75 Å². The predicted molar refractivity (Wildman–Crippen MR) is 73.6 cm³/mol. The van der Waals surface area contributed by atoms with Gasteiger partial charge >= 0.3 is 5.97 Å². The number of nitrogens with zero attached hydrogens (tertiary/aromatic N) is 5. The highest BCUT2D eigenvalue weighted by molar-refractivity contribution is 7.99. The summed E-state index contributed by atoms with van der Waals surface area (Å²) in [5.74, 6) is 0.0773. The molecule has 20 heavy (non-hydrogen) atoms. The van der Waals surface area contributed by atoms with Crippen LogP contribution in [0.25, 0.3) is 0 Å². The van der Waals surface area contributed by atoms with Gasteiger partial charge in [0.05, 0.1) is 18.0 Å². The van der Waals surface area contributed by atoms with Gasteiger partial charge in [0.2, 0.25) is 0 Å². The number of hydrogen-bond donors (Lipinski definition) is 1. The molecule has 8 heteroatoms. The van der Waals surface area contributed by atoms with Gasteiger partial charge in [0.1, 0.15) is 5.82 Å². The van der Waals surface area contributed by atoms with Gasteiger partial charge in [-0.05, 0) is 12.1 Å². The summed E-state index contributed by atoms with van der Waals surface area (Å²) < 4.78 is 1.89. The van der Waals surface area contributed by atoms with Crippen LogP contribution < -0.4 is 0 Å². The van der Waals surface area contributed by atoms with E-state index in [1.807, 2.05) is 30.5 Å². The fourth-order valence-corrected chi connectivity index (χ4v) is 2.35. The van der Waals surface area contributed by atoms with Crippen LogP contribution in [0.5, 0.6) is 0 Å². The highest BCUT2D eigenvalue weighted by Gasteiger charge is 2.17. The van der Waals surface area contributed by atoms with Crippen molar-refractivity contribution >= 4 is 17.7 Å². The van der Waals surface area contributed by atoms with Crippen molar-refractivity contribution in [2.24, 2.45) is 0 Å². The van der Waals surface area contributed by atoms with Crippen LogP contribution in [0.1, 0.15) is 31.3 Å². The minimum Gasteiger partial charge on any atom is -0.481 e. The Morgan fingerprint density at radius 3 is 2.80 bits per heavy atom. The molecule has 0 amide bonds. The van der Waals surface area contributed by atoms with Crippen molar-refractivity contribution in [3.63, 3.8) is 0 Å². The van der Waals surface area contributed by atoms with E-state index in [0.29, 0.717) is 11.7 Å². The van der Waals surface area contributed by atoms with Gasteiger partial charge in [-0.3, -0.25) is 9.36 Å². The average molecular weight is 293 g/mol. The van der Waals surface area contributed by atoms with Gasteiger partial charge in [-0.25, -0.2) is 0 Å². The van der Waals surface area contributed by atoms with Crippen LogP contribution in [0.15, 0.2) is 23.5 Å². The Bertz CT molecular complexity index is 585. The highest BCUT2D eigenvalue weighted by atomic mass is 32.2. The smallest absolute Gasteiger partial charge is 0.313 e. The third-order valence-electron chi connectivity index (χ3n) is 2.53. The van der Waals surface area contributed by atoms with E-state index in [1.54, 1.807) is 6.20 Å². The third kappa shape index (κ3) is 3.53. The van der Waals surface area contributed by atoms with E-state index in [4.69, 9.17) is 5.11 Å². The summed E-state index contributed by atoms with van der Waals surface area (Å²) in [5, 5.41) is 25.4. The van der Waals surface area contributed by atoms with E-state index < -0.39 is 5.97 Å². The number of thioether (sulfide) groups is 1.